The van der Waals surface area contributed by atoms with E-state index in [0.29, 0.717) is 5.75 Å². The van der Waals surface area contributed by atoms with E-state index < -0.39 is 17.4 Å². The summed E-state index contributed by atoms with van der Waals surface area (Å²) in [4.78, 5) is 38.6. The van der Waals surface area contributed by atoms with Crippen molar-refractivity contribution in [3.05, 3.63) is 71.3 Å². The first-order valence-corrected chi connectivity index (χ1v) is 12.5. The number of hydrogen-bond donors (Lipinski definition) is 3. The molecule has 3 N–H and O–H groups in total. The number of phenolic OH excluding ortho intramolecular Hbond substituents is 3. The van der Waals surface area contributed by atoms with Crippen molar-refractivity contribution >= 4 is 17.7 Å². The molecule has 0 amide bonds. The van der Waals surface area contributed by atoms with Gasteiger partial charge in [-0.3, -0.25) is 4.79 Å². The zero-order valence-corrected chi connectivity index (χ0v) is 23.1. The number of benzene rings is 3. The molecule has 0 atom stereocenters. The Kier molecular flexibility index (Phi) is 10.0. The molecule has 0 aliphatic carbocycles. The third-order valence-corrected chi connectivity index (χ3v) is 6.23. The Hall–Kier alpha value is -4.93. The molecule has 0 saturated heterocycles. The predicted octanol–water partition coefficient (Wildman–Crippen LogP) is 4.51. The normalized spacial score (nSPS) is 10.9. The van der Waals surface area contributed by atoms with Crippen LogP contribution >= 0.6 is 0 Å². The van der Waals surface area contributed by atoms with Crippen LogP contribution in [0.15, 0.2) is 54.6 Å². The maximum Gasteiger partial charge on any atom is 0.338 e. The number of phenols is 3. The van der Waals surface area contributed by atoms with Crippen LogP contribution in [0.25, 0.3) is 0 Å². The van der Waals surface area contributed by atoms with Crippen LogP contribution in [0.5, 0.6) is 34.5 Å². The first kappa shape index (κ1) is 30.6. The Morgan fingerprint density at radius 3 is 1.37 bits per heavy atom. The Bertz CT molecular complexity index is 1250. The van der Waals surface area contributed by atoms with E-state index >= 15 is 0 Å². The summed E-state index contributed by atoms with van der Waals surface area (Å²) in [5.41, 5.74) is -0.743. The summed E-state index contributed by atoms with van der Waals surface area (Å²) in [6.07, 6.45) is 0.0786. The largest absolute Gasteiger partial charge is 0.508 e. The SMILES string of the molecule is COc1cc(O)cc(C(=O)CCC(C)(COC(=O)c2cc(O)cc(OC)c2)COC(=O)c2cc(O)cc(OC)c2)c1. The predicted molar refractivity (Wildman–Crippen MR) is 146 cm³/mol. The van der Waals surface area contributed by atoms with Crippen molar-refractivity contribution in [2.24, 2.45) is 5.41 Å². The Labute approximate surface area is 236 Å². The van der Waals surface area contributed by atoms with Gasteiger partial charge in [0.15, 0.2) is 5.78 Å². The number of aromatic hydroxyl groups is 3. The number of ketones is 1. The maximum absolute atomic E-state index is 13.0. The lowest BCUT2D eigenvalue weighted by atomic mass is 9.85. The van der Waals surface area contributed by atoms with Crippen LogP contribution in [0.4, 0.5) is 0 Å². The highest BCUT2D eigenvalue weighted by molar-refractivity contribution is 5.97. The average molecular weight is 569 g/mol. The molecule has 3 rings (SSSR count). The van der Waals surface area contributed by atoms with Crippen molar-refractivity contribution in [1.29, 1.82) is 0 Å². The van der Waals surface area contributed by atoms with E-state index in [1.165, 1.54) is 75.9 Å². The summed E-state index contributed by atoms with van der Waals surface area (Å²) in [6, 6.07) is 12.1. The van der Waals surface area contributed by atoms with Crippen molar-refractivity contribution in [2.75, 3.05) is 34.5 Å². The van der Waals surface area contributed by atoms with Gasteiger partial charge in [-0.1, -0.05) is 6.92 Å². The third kappa shape index (κ3) is 8.53. The standard InChI is InChI=1S/C30H32O11/c1-30(6-5-27(34)18-7-21(31)13-24(10-18)37-2,16-40-28(35)19-8-22(32)14-25(11-19)38-3)17-41-29(36)20-9-23(33)15-26(12-20)39-4/h7-15,31-33H,5-6,16-17H2,1-4H3. The minimum atomic E-state index is -1.04. The fourth-order valence-corrected chi connectivity index (χ4v) is 3.89. The van der Waals surface area contributed by atoms with Gasteiger partial charge in [-0.15, -0.1) is 0 Å². The van der Waals surface area contributed by atoms with Crippen LogP contribution < -0.4 is 14.2 Å². The topological polar surface area (TPSA) is 158 Å². The van der Waals surface area contributed by atoms with Crippen molar-refractivity contribution < 1.29 is 53.4 Å². The van der Waals surface area contributed by atoms with Gasteiger partial charge in [-0.25, -0.2) is 9.59 Å². The monoisotopic (exact) mass is 568 g/mol. The van der Waals surface area contributed by atoms with E-state index in [4.69, 9.17) is 23.7 Å². The number of rotatable bonds is 13. The molecule has 218 valence electrons. The Morgan fingerprint density at radius 1 is 0.610 bits per heavy atom. The van der Waals surface area contributed by atoms with Gasteiger partial charge in [-0.05, 0) is 42.8 Å². The summed E-state index contributed by atoms with van der Waals surface area (Å²) in [6.45, 7) is 1.17. The summed E-state index contributed by atoms with van der Waals surface area (Å²) < 4.78 is 26.3. The van der Waals surface area contributed by atoms with E-state index in [2.05, 4.69) is 0 Å². The van der Waals surface area contributed by atoms with E-state index in [1.807, 2.05) is 0 Å². The summed E-state index contributed by atoms with van der Waals surface area (Å²) in [7, 11) is 4.18. The zero-order chi connectivity index (χ0) is 30.2. The Morgan fingerprint density at radius 2 is 0.976 bits per heavy atom. The fraction of sp³-hybridized carbons (Fsp3) is 0.300. The van der Waals surface area contributed by atoms with Gasteiger partial charge in [0.2, 0.25) is 0 Å². The number of hydrogen-bond acceptors (Lipinski definition) is 11. The van der Waals surface area contributed by atoms with Crippen molar-refractivity contribution in [3.8, 4) is 34.5 Å². The Balaban J connectivity index is 1.78. The van der Waals surface area contributed by atoms with Crippen LogP contribution in [0.1, 0.15) is 50.8 Å². The fourth-order valence-electron chi connectivity index (χ4n) is 3.89. The molecule has 11 nitrogen and oxygen atoms in total. The number of carbonyl (C=O) groups is 3. The molecule has 0 bridgehead atoms. The molecular formula is C30H32O11. The molecule has 0 aliphatic rings. The molecule has 0 unspecified atom stereocenters. The number of ether oxygens (including phenoxy) is 5. The number of Topliss-reactive ketones (excluding diaryl/α,β-unsaturated/α-hetero) is 1. The second-order valence-electron chi connectivity index (χ2n) is 9.65. The highest BCUT2D eigenvalue weighted by atomic mass is 16.5. The number of esters is 2. The van der Waals surface area contributed by atoms with Crippen LogP contribution in [-0.2, 0) is 9.47 Å². The molecule has 3 aromatic rings. The second kappa shape index (κ2) is 13.4. The van der Waals surface area contributed by atoms with Crippen LogP contribution in [-0.4, -0.2) is 67.6 Å². The van der Waals surface area contributed by atoms with Gasteiger partial charge in [0, 0.05) is 35.6 Å². The van der Waals surface area contributed by atoms with E-state index in [-0.39, 0.29) is 77.3 Å². The van der Waals surface area contributed by atoms with Crippen molar-refractivity contribution in [2.45, 2.75) is 19.8 Å². The molecule has 0 saturated carbocycles. The van der Waals surface area contributed by atoms with Crippen LogP contribution in [0.2, 0.25) is 0 Å². The minimum Gasteiger partial charge on any atom is -0.508 e. The summed E-state index contributed by atoms with van der Waals surface area (Å²) in [5, 5.41) is 29.7. The molecule has 0 radical (unpaired) electrons. The van der Waals surface area contributed by atoms with Crippen LogP contribution in [0, 0.1) is 5.41 Å². The molecule has 41 heavy (non-hydrogen) atoms. The van der Waals surface area contributed by atoms with Gasteiger partial charge in [0.1, 0.15) is 47.7 Å². The number of methoxy groups -OCH3 is 3. The molecule has 3 aromatic carbocycles. The minimum absolute atomic E-state index is 0.0379. The van der Waals surface area contributed by atoms with E-state index in [0.717, 1.165) is 0 Å². The van der Waals surface area contributed by atoms with E-state index in [1.54, 1.807) is 6.92 Å². The summed E-state index contributed by atoms with van der Waals surface area (Å²) >= 11 is 0. The summed E-state index contributed by atoms with van der Waals surface area (Å²) in [5.74, 6) is -1.56. The second-order valence-corrected chi connectivity index (χ2v) is 9.65. The molecule has 0 aromatic heterocycles. The lowest BCUT2D eigenvalue weighted by Gasteiger charge is -2.28. The first-order valence-electron chi connectivity index (χ1n) is 12.5. The molecular weight excluding hydrogens is 536 g/mol. The van der Waals surface area contributed by atoms with Gasteiger partial charge in [0.25, 0.3) is 0 Å². The smallest absolute Gasteiger partial charge is 0.338 e. The quantitative estimate of drug-likeness (QED) is 0.197. The maximum atomic E-state index is 13.0. The molecule has 11 heteroatoms. The third-order valence-electron chi connectivity index (χ3n) is 6.23. The van der Waals surface area contributed by atoms with Gasteiger partial charge in [-0.2, -0.15) is 0 Å². The number of carbonyl (C=O) groups excluding carboxylic acids is 3. The lowest BCUT2D eigenvalue weighted by molar-refractivity contribution is -0.00237. The highest BCUT2D eigenvalue weighted by Crippen LogP contribution is 2.30. The highest BCUT2D eigenvalue weighted by Gasteiger charge is 2.31. The molecule has 0 fully saturated rings. The van der Waals surface area contributed by atoms with Gasteiger partial charge < -0.3 is 39.0 Å². The average Bonchev–Trinajstić information content (AvgIpc) is 2.96. The van der Waals surface area contributed by atoms with Gasteiger partial charge >= 0.3 is 11.9 Å². The van der Waals surface area contributed by atoms with Gasteiger partial charge in [0.05, 0.1) is 32.5 Å². The lowest BCUT2D eigenvalue weighted by Crippen LogP contribution is -2.32. The molecule has 0 spiro atoms. The zero-order valence-electron chi connectivity index (χ0n) is 23.1. The van der Waals surface area contributed by atoms with Crippen molar-refractivity contribution in [3.63, 3.8) is 0 Å². The first-order chi connectivity index (χ1) is 19.4. The molecule has 0 aliphatic heterocycles. The molecule has 0 heterocycles. The van der Waals surface area contributed by atoms with E-state index in [9.17, 15) is 29.7 Å². The van der Waals surface area contributed by atoms with Crippen molar-refractivity contribution in [1.82, 2.24) is 0 Å². The van der Waals surface area contributed by atoms with Crippen LogP contribution in [0.3, 0.4) is 0 Å².